The van der Waals surface area contributed by atoms with Crippen molar-refractivity contribution in [3.63, 3.8) is 0 Å². The molecule has 0 radical (unpaired) electrons. The summed E-state index contributed by atoms with van der Waals surface area (Å²) in [6.07, 6.45) is 0. The van der Waals surface area contributed by atoms with E-state index in [1.807, 2.05) is 12.3 Å². The molecule has 0 unspecified atom stereocenters. The number of hydrogen-bond donors (Lipinski definition) is 1. The van der Waals surface area contributed by atoms with Gasteiger partial charge in [0.05, 0.1) is 10.5 Å². The number of hydrogen-bond acceptors (Lipinski definition) is 8. The lowest BCUT2D eigenvalue weighted by Gasteiger charge is -2.07. The molecule has 23 heavy (non-hydrogen) atoms. The van der Waals surface area contributed by atoms with Gasteiger partial charge in [-0.15, -0.1) is 11.3 Å². The SMILES string of the molecule is Cc1csc(Sc2ccc([N+](=O)[O-])cc2C(=O)OCC(N)=O)n1. The number of nitrogens with zero attached hydrogens (tertiary/aromatic N) is 2. The fourth-order valence-electron chi connectivity index (χ4n) is 1.57. The summed E-state index contributed by atoms with van der Waals surface area (Å²) in [5.74, 6) is -1.67. The number of aryl methyl sites for hydroxylation is 1. The van der Waals surface area contributed by atoms with Crippen LogP contribution < -0.4 is 5.73 Å². The number of amides is 1. The van der Waals surface area contributed by atoms with Crippen LogP contribution in [0, 0.1) is 17.0 Å². The van der Waals surface area contributed by atoms with Gasteiger partial charge < -0.3 is 10.5 Å². The lowest BCUT2D eigenvalue weighted by molar-refractivity contribution is -0.384. The molecule has 0 aliphatic rings. The normalized spacial score (nSPS) is 10.3. The molecule has 120 valence electrons. The second-order valence-corrected chi connectivity index (χ2v) is 6.48. The largest absolute Gasteiger partial charge is 0.452 e. The number of aromatic nitrogens is 1. The molecule has 0 saturated heterocycles. The fraction of sp³-hybridized carbons (Fsp3) is 0.154. The van der Waals surface area contributed by atoms with Gasteiger partial charge in [0.2, 0.25) is 0 Å². The zero-order valence-electron chi connectivity index (χ0n) is 11.8. The second kappa shape index (κ2) is 7.20. The Hall–Kier alpha value is -2.46. The second-order valence-electron chi connectivity index (χ2n) is 4.34. The number of thiazole rings is 1. The van der Waals surface area contributed by atoms with Gasteiger partial charge in [0.1, 0.15) is 0 Å². The summed E-state index contributed by atoms with van der Waals surface area (Å²) in [6, 6.07) is 3.83. The van der Waals surface area contributed by atoms with Crippen molar-refractivity contribution in [2.75, 3.05) is 6.61 Å². The Morgan fingerprint density at radius 2 is 2.22 bits per heavy atom. The summed E-state index contributed by atoms with van der Waals surface area (Å²) in [6.45, 7) is 1.24. The molecule has 0 aliphatic heterocycles. The molecular weight excluding hydrogens is 342 g/mol. The number of nitro benzene ring substituents is 1. The summed E-state index contributed by atoms with van der Waals surface area (Å²) in [7, 11) is 0. The Bertz CT molecular complexity index is 775. The number of rotatable bonds is 6. The van der Waals surface area contributed by atoms with E-state index in [0.29, 0.717) is 9.24 Å². The minimum absolute atomic E-state index is 0.0155. The smallest absolute Gasteiger partial charge is 0.340 e. The Kier molecular flexibility index (Phi) is 5.29. The van der Waals surface area contributed by atoms with E-state index in [1.165, 1.54) is 35.2 Å². The van der Waals surface area contributed by atoms with E-state index in [4.69, 9.17) is 10.5 Å². The maximum atomic E-state index is 12.1. The molecule has 1 aromatic heterocycles. The average Bonchev–Trinajstić information content (AvgIpc) is 2.90. The van der Waals surface area contributed by atoms with Crippen molar-refractivity contribution in [3.05, 3.63) is 45.0 Å². The highest BCUT2D eigenvalue weighted by Crippen LogP contribution is 2.34. The number of carbonyl (C=O) groups excluding carboxylic acids is 2. The van der Waals surface area contributed by atoms with Crippen LogP contribution in [0.2, 0.25) is 0 Å². The molecule has 2 aromatic rings. The Morgan fingerprint density at radius 3 is 2.78 bits per heavy atom. The molecule has 1 heterocycles. The summed E-state index contributed by atoms with van der Waals surface area (Å²) in [5, 5.41) is 12.7. The van der Waals surface area contributed by atoms with Crippen LogP contribution in [0.5, 0.6) is 0 Å². The van der Waals surface area contributed by atoms with Crippen LogP contribution in [-0.2, 0) is 9.53 Å². The summed E-state index contributed by atoms with van der Waals surface area (Å²) < 4.78 is 5.42. The van der Waals surface area contributed by atoms with Gasteiger partial charge >= 0.3 is 5.97 Å². The third kappa shape index (κ3) is 4.50. The van der Waals surface area contributed by atoms with E-state index in [9.17, 15) is 19.7 Å². The molecule has 8 nitrogen and oxygen atoms in total. The van der Waals surface area contributed by atoms with Crippen molar-refractivity contribution < 1.29 is 19.2 Å². The van der Waals surface area contributed by atoms with Crippen LogP contribution >= 0.6 is 23.1 Å². The van der Waals surface area contributed by atoms with Gasteiger partial charge in [-0.25, -0.2) is 9.78 Å². The quantitative estimate of drug-likeness (QED) is 0.479. The van der Waals surface area contributed by atoms with E-state index in [2.05, 4.69) is 4.98 Å². The topological polar surface area (TPSA) is 125 Å². The van der Waals surface area contributed by atoms with Gasteiger partial charge in [-0.05, 0) is 13.0 Å². The van der Waals surface area contributed by atoms with E-state index in [0.717, 1.165) is 11.8 Å². The molecule has 2 rings (SSSR count). The standard InChI is InChI=1S/C13H11N3O5S2/c1-7-6-22-13(15-7)23-10-3-2-8(16(19)20)4-9(10)12(18)21-5-11(14)17/h2-4,6H,5H2,1H3,(H2,14,17). The Labute approximate surface area is 138 Å². The molecule has 0 fully saturated rings. The molecule has 0 aliphatic carbocycles. The summed E-state index contributed by atoms with van der Waals surface area (Å²) >= 11 is 2.57. The lowest BCUT2D eigenvalue weighted by Crippen LogP contribution is -2.21. The van der Waals surface area contributed by atoms with Gasteiger partial charge in [0, 0.05) is 28.1 Å². The molecule has 0 saturated carbocycles. The molecular formula is C13H11N3O5S2. The first-order valence-corrected chi connectivity index (χ1v) is 7.90. The van der Waals surface area contributed by atoms with Gasteiger partial charge in [0.25, 0.3) is 11.6 Å². The predicted octanol–water partition coefficient (Wildman–Crippen LogP) is 2.15. The third-order valence-electron chi connectivity index (χ3n) is 2.53. The van der Waals surface area contributed by atoms with Crippen LogP contribution in [0.25, 0.3) is 0 Å². The third-order valence-corrected chi connectivity index (χ3v) is 4.67. The van der Waals surface area contributed by atoms with Crippen LogP contribution in [0.4, 0.5) is 5.69 Å². The minimum Gasteiger partial charge on any atom is -0.452 e. The number of non-ortho nitro benzene ring substituents is 1. The first kappa shape index (κ1) is 16.9. The van der Waals surface area contributed by atoms with E-state index in [-0.39, 0.29) is 11.3 Å². The van der Waals surface area contributed by atoms with E-state index < -0.39 is 23.4 Å². The van der Waals surface area contributed by atoms with Crippen molar-refractivity contribution in [2.45, 2.75) is 16.2 Å². The molecule has 0 bridgehead atoms. The van der Waals surface area contributed by atoms with Crippen molar-refractivity contribution in [1.29, 1.82) is 0 Å². The van der Waals surface area contributed by atoms with Crippen LogP contribution in [-0.4, -0.2) is 28.4 Å². The van der Waals surface area contributed by atoms with Crippen molar-refractivity contribution in [2.24, 2.45) is 5.73 Å². The van der Waals surface area contributed by atoms with Crippen LogP contribution in [0.1, 0.15) is 16.1 Å². The maximum Gasteiger partial charge on any atom is 0.340 e. The Morgan fingerprint density at radius 1 is 1.48 bits per heavy atom. The molecule has 0 atom stereocenters. The first-order chi connectivity index (χ1) is 10.9. The van der Waals surface area contributed by atoms with Gasteiger partial charge in [-0.2, -0.15) is 0 Å². The zero-order valence-corrected chi connectivity index (χ0v) is 13.5. The highest BCUT2D eigenvalue weighted by molar-refractivity contribution is 8.01. The monoisotopic (exact) mass is 353 g/mol. The lowest BCUT2D eigenvalue weighted by atomic mass is 10.2. The summed E-state index contributed by atoms with van der Waals surface area (Å²) in [4.78, 5) is 37.7. The van der Waals surface area contributed by atoms with E-state index >= 15 is 0 Å². The van der Waals surface area contributed by atoms with Crippen LogP contribution in [0.3, 0.4) is 0 Å². The van der Waals surface area contributed by atoms with Crippen molar-refractivity contribution in [3.8, 4) is 0 Å². The molecule has 1 aromatic carbocycles. The molecule has 1 amide bonds. The van der Waals surface area contributed by atoms with Gasteiger partial charge in [0.15, 0.2) is 10.9 Å². The zero-order chi connectivity index (χ0) is 17.0. The molecule has 0 spiro atoms. The fourth-order valence-corrected chi connectivity index (χ4v) is 3.46. The van der Waals surface area contributed by atoms with Crippen molar-refractivity contribution >= 4 is 40.7 Å². The van der Waals surface area contributed by atoms with Gasteiger partial charge in [-0.3, -0.25) is 14.9 Å². The first-order valence-electron chi connectivity index (χ1n) is 6.20. The predicted molar refractivity (Wildman–Crippen MR) is 83.5 cm³/mol. The number of nitrogens with two attached hydrogens (primary N) is 1. The number of carbonyl (C=O) groups is 2. The summed E-state index contributed by atoms with van der Waals surface area (Å²) in [5.41, 5.74) is 5.48. The molecule has 10 heteroatoms. The Balaban J connectivity index is 2.34. The number of primary amides is 1. The van der Waals surface area contributed by atoms with Crippen LogP contribution in [0.15, 0.2) is 32.8 Å². The minimum atomic E-state index is -0.858. The number of ether oxygens (including phenoxy) is 1. The van der Waals surface area contributed by atoms with Gasteiger partial charge in [-0.1, -0.05) is 11.8 Å². The highest BCUT2D eigenvalue weighted by Gasteiger charge is 2.20. The number of nitro groups is 1. The molecule has 2 N–H and O–H groups in total. The number of esters is 1. The number of benzene rings is 1. The highest BCUT2D eigenvalue weighted by atomic mass is 32.2. The maximum absolute atomic E-state index is 12.1. The van der Waals surface area contributed by atoms with Crippen molar-refractivity contribution in [1.82, 2.24) is 4.98 Å². The van der Waals surface area contributed by atoms with E-state index in [1.54, 1.807) is 0 Å². The average molecular weight is 353 g/mol.